The highest BCUT2D eigenvalue weighted by Crippen LogP contribution is 2.33. The Balaban J connectivity index is 2.45. The topological polar surface area (TPSA) is 83.6 Å². The number of nitrogens with zero attached hydrogens (tertiary/aromatic N) is 2. The minimum Gasteiger partial charge on any atom is -0.479 e. The van der Waals surface area contributed by atoms with E-state index in [0.717, 1.165) is 4.90 Å². The molecule has 0 saturated heterocycles. The summed E-state index contributed by atoms with van der Waals surface area (Å²) < 4.78 is 5.26. The molecule has 1 unspecified atom stereocenters. The standard InChI is InChI=1S/C15H14Cl2N2O4/c1-7-13(23-8(2)18-7)14(20)19(3)12(15(21)22)9-5-4-6-10(16)11(9)17/h4-6,12H,1-3H3,(H,21,22). The lowest BCUT2D eigenvalue weighted by atomic mass is 10.1. The molecule has 2 rings (SSSR count). The van der Waals surface area contributed by atoms with E-state index < -0.39 is 17.9 Å². The molecule has 0 bridgehead atoms. The molecule has 23 heavy (non-hydrogen) atoms. The average Bonchev–Trinajstić information content (AvgIpc) is 2.81. The number of hydrogen-bond donors (Lipinski definition) is 1. The zero-order valence-corrected chi connectivity index (χ0v) is 14.1. The average molecular weight is 357 g/mol. The van der Waals surface area contributed by atoms with Crippen LogP contribution in [0.3, 0.4) is 0 Å². The van der Waals surface area contributed by atoms with Gasteiger partial charge in [-0.25, -0.2) is 9.78 Å². The van der Waals surface area contributed by atoms with Gasteiger partial charge in [-0.05, 0) is 13.0 Å². The third-order valence-electron chi connectivity index (χ3n) is 3.32. The predicted octanol–water partition coefficient (Wildman–Crippen LogP) is 3.50. The molecule has 0 aliphatic rings. The minimum absolute atomic E-state index is 0.00518. The quantitative estimate of drug-likeness (QED) is 0.906. The van der Waals surface area contributed by atoms with Crippen LogP contribution in [-0.4, -0.2) is 33.9 Å². The van der Waals surface area contributed by atoms with Crippen LogP contribution in [0.1, 0.15) is 33.7 Å². The Labute approximate surface area is 142 Å². The van der Waals surface area contributed by atoms with Crippen molar-refractivity contribution in [3.63, 3.8) is 0 Å². The Hall–Kier alpha value is -2.05. The number of hydrogen-bond acceptors (Lipinski definition) is 4. The summed E-state index contributed by atoms with van der Waals surface area (Å²) in [6.07, 6.45) is 0. The number of aryl methyl sites for hydroxylation is 2. The van der Waals surface area contributed by atoms with E-state index in [4.69, 9.17) is 27.6 Å². The number of carboxylic acid groups (broad SMARTS) is 1. The van der Waals surface area contributed by atoms with Crippen LogP contribution in [0.5, 0.6) is 0 Å². The lowest BCUT2D eigenvalue weighted by Crippen LogP contribution is -2.36. The van der Waals surface area contributed by atoms with Crippen LogP contribution in [0.4, 0.5) is 0 Å². The molecule has 1 N–H and O–H groups in total. The molecule has 122 valence electrons. The van der Waals surface area contributed by atoms with Crippen molar-refractivity contribution in [3.8, 4) is 0 Å². The molecule has 1 aromatic carbocycles. The maximum absolute atomic E-state index is 12.5. The molecular weight excluding hydrogens is 343 g/mol. The van der Waals surface area contributed by atoms with Gasteiger partial charge < -0.3 is 14.4 Å². The van der Waals surface area contributed by atoms with Gasteiger partial charge in [0.1, 0.15) is 0 Å². The van der Waals surface area contributed by atoms with Crippen molar-refractivity contribution >= 4 is 35.1 Å². The summed E-state index contributed by atoms with van der Waals surface area (Å²) in [5.74, 6) is -1.52. The van der Waals surface area contributed by atoms with Gasteiger partial charge in [0.25, 0.3) is 5.91 Å². The smallest absolute Gasteiger partial charge is 0.331 e. The van der Waals surface area contributed by atoms with Crippen LogP contribution < -0.4 is 0 Å². The van der Waals surface area contributed by atoms with Crippen LogP contribution in [0.15, 0.2) is 22.6 Å². The molecule has 1 aromatic heterocycles. The lowest BCUT2D eigenvalue weighted by molar-refractivity contribution is -0.142. The highest BCUT2D eigenvalue weighted by Gasteiger charge is 2.33. The van der Waals surface area contributed by atoms with Crippen molar-refractivity contribution in [2.24, 2.45) is 0 Å². The number of halogens is 2. The largest absolute Gasteiger partial charge is 0.479 e. The van der Waals surface area contributed by atoms with Crippen molar-refractivity contribution in [1.29, 1.82) is 0 Å². The third kappa shape index (κ3) is 3.33. The van der Waals surface area contributed by atoms with Gasteiger partial charge in [-0.15, -0.1) is 0 Å². The summed E-state index contributed by atoms with van der Waals surface area (Å²) in [6, 6.07) is 3.31. The molecule has 0 aliphatic carbocycles. The molecule has 0 aliphatic heterocycles. The van der Waals surface area contributed by atoms with Crippen LogP contribution in [-0.2, 0) is 4.79 Å². The van der Waals surface area contributed by atoms with Crippen molar-refractivity contribution < 1.29 is 19.1 Å². The van der Waals surface area contributed by atoms with E-state index in [0.29, 0.717) is 11.6 Å². The van der Waals surface area contributed by atoms with E-state index in [2.05, 4.69) is 4.98 Å². The maximum Gasteiger partial charge on any atom is 0.331 e. The number of aliphatic carboxylic acids is 1. The van der Waals surface area contributed by atoms with E-state index in [1.165, 1.54) is 19.2 Å². The molecule has 0 spiro atoms. The lowest BCUT2D eigenvalue weighted by Gasteiger charge is -2.25. The number of likely N-dealkylation sites (N-methyl/N-ethyl adjacent to an activating group) is 1. The molecule has 0 radical (unpaired) electrons. The number of carboxylic acids is 1. The highest BCUT2D eigenvalue weighted by molar-refractivity contribution is 6.42. The molecule has 1 amide bonds. The van der Waals surface area contributed by atoms with E-state index in [1.54, 1.807) is 19.9 Å². The monoisotopic (exact) mass is 356 g/mol. The fourth-order valence-corrected chi connectivity index (χ4v) is 2.66. The zero-order valence-electron chi connectivity index (χ0n) is 12.6. The first-order chi connectivity index (χ1) is 10.7. The van der Waals surface area contributed by atoms with Crippen LogP contribution in [0.2, 0.25) is 10.0 Å². The first kappa shape index (κ1) is 17.3. The van der Waals surface area contributed by atoms with Crippen LogP contribution >= 0.6 is 23.2 Å². The Kier molecular flexibility index (Phi) is 4.97. The second-order valence-corrected chi connectivity index (χ2v) is 5.73. The second kappa shape index (κ2) is 6.60. The van der Waals surface area contributed by atoms with Crippen LogP contribution in [0, 0.1) is 13.8 Å². The van der Waals surface area contributed by atoms with E-state index in [-0.39, 0.29) is 21.4 Å². The van der Waals surface area contributed by atoms with Gasteiger partial charge >= 0.3 is 5.97 Å². The fraction of sp³-hybridized carbons (Fsp3) is 0.267. The van der Waals surface area contributed by atoms with Gasteiger partial charge in [0.05, 0.1) is 15.7 Å². The number of aromatic nitrogens is 1. The van der Waals surface area contributed by atoms with E-state index in [1.807, 2.05) is 0 Å². The van der Waals surface area contributed by atoms with E-state index in [9.17, 15) is 14.7 Å². The molecule has 8 heteroatoms. The SMILES string of the molecule is Cc1nc(C)c(C(=O)N(C)C(C(=O)O)c2cccc(Cl)c2Cl)o1. The molecular formula is C15H14Cl2N2O4. The molecule has 2 aromatic rings. The van der Waals surface area contributed by atoms with Crippen molar-refractivity contribution in [2.45, 2.75) is 19.9 Å². The third-order valence-corrected chi connectivity index (χ3v) is 4.15. The van der Waals surface area contributed by atoms with Crippen molar-refractivity contribution in [3.05, 3.63) is 51.2 Å². The van der Waals surface area contributed by atoms with Gasteiger partial charge in [-0.3, -0.25) is 4.79 Å². The predicted molar refractivity (Wildman–Crippen MR) is 84.9 cm³/mol. The summed E-state index contributed by atoms with van der Waals surface area (Å²) in [7, 11) is 1.36. The summed E-state index contributed by atoms with van der Waals surface area (Å²) >= 11 is 12.0. The number of rotatable bonds is 4. The van der Waals surface area contributed by atoms with Gasteiger partial charge in [-0.1, -0.05) is 35.3 Å². The molecule has 6 nitrogen and oxygen atoms in total. The summed E-state index contributed by atoms with van der Waals surface area (Å²) in [6.45, 7) is 3.21. The van der Waals surface area contributed by atoms with Gasteiger partial charge in [0.2, 0.25) is 5.76 Å². The van der Waals surface area contributed by atoms with E-state index >= 15 is 0 Å². The maximum atomic E-state index is 12.5. The highest BCUT2D eigenvalue weighted by atomic mass is 35.5. The Morgan fingerprint density at radius 2 is 1.96 bits per heavy atom. The Morgan fingerprint density at radius 1 is 1.30 bits per heavy atom. The molecule has 1 heterocycles. The first-order valence-electron chi connectivity index (χ1n) is 6.62. The van der Waals surface area contributed by atoms with Gasteiger partial charge in [0.15, 0.2) is 11.9 Å². The Bertz CT molecular complexity index is 773. The molecule has 1 atom stereocenters. The van der Waals surface area contributed by atoms with Crippen molar-refractivity contribution in [2.75, 3.05) is 7.05 Å². The Morgan fingerprint density at radius 3 is 2.48 bits per heavy atom. The fourth-order valence-electron chi connectivity index (χ4n) is 2.25. The van der Waals surface area contributed by atoms with Crippen LogP contribution in [0.25, 0.3) is 0 Å². The van der Waals surface area contributed by atoms with Gasteiger partial charge in [-0.2, -0.15) is 0 Å². The number of carbonyl (C=O) groups excluding carboxylic acids is 1. The summed E-state index contributed by atoms with van der Waals surface area (Å²) in [5.41, 5.74) is 0.608. The first-order valence-corrected chi connectivity index (χ1v) is 7.37. The van der Waals surface area contributed by atoms with Gasteiger partial charge in [0, 0.05) is 19.5 Å². The van der Waals surface area contributed by atoms with Crippen molar-refractivity contribution in [1.82, 2.24) is 9.88 Å². The number of benzene rings is 1. The number of amides is 1. The second-order valence-electron chi connectivity index (χ2n) is 4.95. The summed E-state index contributed by atoms with van der Waals surface area (Å²) in [5, 5.41) is 9.84. The number of carbonyl (C=O) groups is 2. The molecule has 0 fully saturated rings. The zero-order chi connectivity index (χ0) is 17.3. The summed E-state index contributed by atoms with van der Waals surface area (Å²) in [4.78, 5) is 29.3. The number of oxazole rings is 1. The normalized spacial score (nSPS) is 12.0. The minimum atomic E-state index is -1.31. The molecule has 0 saturated carbocycles.